The number of fused-ring (bicyclic) bond motifs is 1. The molecule has 2 aliphatic heterocycles. The fourth-order valence-corrected chi connectivity index (χ4v) is 3.31. The summed E-state index contributed by atoms with van der Waals surface area (Å²) < 4.78 is 0. The van der Waals surface area contributed by atoms with Crippen LogP contribution in [0.25, 0.3) is 0 Å². The van der Waals surface area contributed by atoms with Gasteiger partial charge in [-0.3, -0.25) is 4.79 Å². The summed E-state index contributed by atoms with van der Waals surface area (Å²) in [6.07, 6.45) is 2.19. The van der Waals surface area contributed by atoms with Gasteiger partial charge in [0.1, 0.15) is 26.2 Å². The molecular formula is C16H25N3O+2. The lowest BCUT2D eigenvalue weighted by Gasteiger charge is -2.32. The average Bonchev–Trinajstić information content (AvgIpc) is 2.49. The predicted molar refractivity (Wildman–Crippen MR) is 79.3 cm³/mol. The fraction of sp³-hybridized carbons (Fsp3) is 0.562. The van der Waals surface area contributed by atoms with Crippen molar-refractivity contribution in [1.29, 1.82) is 0 Å². The standard InChI is InChI=1S/C16H23N3O/c1-17-9-11-18(12-10-17)13-16(20)19-8-4-6-14-5-2-3-7-15(14)19/h2-3,5,7H,4,6,8-13H2,1H3/p+2. The second kappa shape index (κ2) is 5.94. The van der Waals surface area contributed by atoms with Crippen molar-refractivity contribution < 1.29 is 14.6 Å². The van der Waals surface area contributed by atoms with Crippen LogP contribution < -0.4 is 14.7 Å². The summed E-state index contributed by atoms with van der Waals surface area (Å²) in [4.78, 5) is 17.7. The van der Waals surface area contributed by atoms with E-state index >= 15 is 0 Å². The van der Waals surface area contributed by atoms with Gasteiger partial charge in [0.2, 0.25) is 0 Å². The van der Waals surface area contributed by atoms with Crippen molar-refractivity contribution in [3.05, 3.63) is 29.8 Å². The third-order valence-corrected chi connectivity index (χ3v) is 4.62. The number of aryl methyl sites for hydroxylation is 1. The molecule has 0 saturated carbocycles. The summed E-state index contributed by atoms with van der Waals surface area (Å²) in [5.41, 5.74) is 2.47. The van der Waals surface area contributed by atoms with Gasteiger partial charge in [-0.25, -0.2) is 0 Å². The maximum Gasteiger partial charge on any atom is 0.282 e. The zero-order chi connectivity index (χ0) is 13.9. The number of quaternary nitrogens is 2. The van der Waals surface area contributed by atoms with Crippen LogP contribution in [-0.2, 0) is 11.2 Å². The minimum Gasteiger partial charge on any atom is -0.328 e. The monoisotopic (exact) mass is 275 g/mol. The molecule has 1 amide bonds. The largest absolute Gasteiger partial charge is 0.328 e. The van der Waals surface area contributed by atoms with Crippen molar-refractivity contribution in [2.45, 2.75) is 12.8 Å². The van der Waals surface area contributed by atoms with E-state index in [9.17, 15) is 4.79 Å². The molecule has 2 aliphatic rings. The van der Waals surface area contributed by atoms with Crippen molar-refractivity contribution in [2.24, 2.45) is 0 Å². The molecule has 2 N–H and O–H groups in total. The van der Waals surface area contributed by atoms with Crippen LogP contribution in [0.5, 0.6) is 0 Å². The Morgan fingerprint density at radius 1 is 1.20 bits per heavy atom. The van der Waals surface area contributed by atoms with Crippen molar-refractivity contribution in [1.82, 2.24) is 0 Å². The molecule has 1 fully saturated rings. The first-order valence-corrected chi connectivity index (χ1v) is 7.77. The minimum atomic E-state index is 0.298. The van der Waals surface area contributed by atoms with Crippen LogP contribution in [-0.4, -0.2) is 52.2 Å². The molecule has 0 aliphatic carbocycles. The number of hydrogen-bond donors (Lipinski definition) is 2. The van der Waals surface area contributed by atoms with Gasteiger partial charge < -0.3 is 14.7 Å². The smallest absolute Gasteiger partial charge is 0.282 e. The molecule has 0 aromatic heterocycles. The summed E-state index contributed by atoms with van der Waals surface area (Å²) in [7, 11) is 2.24. The molecule has 0 bridgehead atoms. The Balaban J connectivity index is 1.66. The van der Waals surface area contributed by atoms with E-state index in [1.54, 1.807) is 4.90 Å². The molecule has 4 heteroatoms. The summed E-state index contributed by atoms with van der Waals surface area (Å²) in [6, 6.07) is 8.36. The van der Waals surface area contributed by atoms with Crippen molar-refractivity contribution in [3.63, 3.8) is 0 Å². The molecule has 1 aromatic carbocycles. The van der Waals surface area contributed by atoms with Crippen molar-refractivity contribution in [3.8, 4) is 0 Å². The Hall–Kier alpha value is -1.39. The van der Waals surface area contributed by atoms with Crippen LogP contribution in [0, 0.1) is 0 Å². The number of para-hydroxylation sites is 1. The molecule has 0 atom stereocenters. The third-order valence-electron chi connectivity index (χ3n) is 4.62. The molecule has 1 aromatic rings. The number of rotatable bonds is 2. The second-order valence-corrected chi connectivity index (χ2v) is 6.16. The number of hydrogen-bond acceptors (Lipinski definition) is 1. The zero-order valence-electron chi connectivity index (χ0n) is 12.3. The summed E-state index contributed by atoms with van der Waals surface area (Å²) >= 11 is 0. The Morgan fingerprint density at radius 2 is 1.95 bits per heavy atom. The number of carbonyl (C=O) groups excluding carboxylic acids is 1. The van der Waals surface area contributed by atoms with Crippen LogP contribution in [0.4, 0.5) is 5.69 Å². The lowest BCUT2D eigenvalue weighted by Crippen LogP contribution is -3.27. The third kappa shape index (κ3) is 2.86. The summed E-state index contributed by atoms with van der Waals surface area (Å²) in [5.74, 6) is 0.298. The normalized spacial score (nSPS) is 26.1. The Kier molecular flexibility index (Phi) is 4.03. The maximum atomic E-state index is 12.6. The number of nitrogens with one attached hydrogen (secondary N) is 2. The summed E-state index contributed by atoms with van der Waals surface area (Å²) in [6.45, 7) is 6.13. The molecule has 1 saturated heterocycles. The number of piperazine rings is 1. The van der Waals surface area contributed by atoms with Gasteiger partial charge in [0, 0.05) is 12.2 Å². The molecule has 4 nitrogen and oxygen atoms in total. The predicted octanol–water partition coefficient (Wildman–Crippen LogP) is -1.62. The first kappa shape index (κ1) is 13.6. The highest BCUT2D eigenvalue weighted by atomic mass is 16.2. The molecule has 2 heterocycles. The van der Waals surface area contributed by atoms with E-state index in [1.807, 2.05) is 11.0 Å². The van der Waals surface area contributed by atoms with Gasteiger partial charge in [-0.15, -0.1) is 0 Å². The first-order chi connectivity index (χ1) is 9.74. The molecule has 3 rings (SSSR count). The highest BCUT2D eigenvalue weighted by Gasteiger charge is 2.27. The zero-order valence-corrected chi connectivity index (χ0v) is 12.3. The van der Waals surface area contributed by atoms with Crippen LogP contribution in [0.3, 0.4) is 0 Å². The highest BCUT2D eigenvalue weighted by Crippen LogP contribution is 2.26. The van der Waals surface area contributed by atoms with Crippen molar-refractivity contribution >= 4 is 11.6 Å². The van der Waals surface area contributed by atoms with Crippen LogP contribution in [0.15, 0.2) is 24.3 Å². The van der Waals surface area contributed by atoms with Crippen molar-refractivity contribution in [2.75, 3.05) is 51.2 Å². The van der Waals surface area contributed by atoms with E-state index in [-0.39, 0.29) is 0 Å². The van der Waals surface area contributed by atoms with E-state index in [2.05, 4.69) is 25.2 Å². The van der Waals surface area contributed by atoms with E-state index in [1.165, 1.54) is 23.6 Å². The van der Waals surface area contributed by atoms with Gasteiger partial charge in [-0.1, -0.05) is 18.2 Å². The number of anilines is 1. The quantitative estimate of drug-likeness (QED) is 0.667. The topological polar surface area (TPSA) is 29.2 Å². The lowest BCUT2D eigenvalue weighted by molar-refractivity contribution is -1.000. The van der Waals surface area contributed by atoms with E-state index in [0.717, 1.165) is 38.2 Å². The van der Waals surface area contributed by atoms with Gasteiger partial charge in [-0.2, -0.15) is 0 Å². The average molecular weight is 275 g/mol. The number of nitrogens with zero attached hydrogens (tertiary/aromatic N) is 1. The minimum absolute atomic E-state index is 0.298. The number of likely N-dealkylation sites (N-methyl/N-ethyl adjacent to an activating group) is 1. The second-order valence-electron chi connectivity index (χ2n) is 6.16. The van der Waals surface area contributed by atoms with Gasteiger partial charge in [0.25, 0.3) is 5.91 Å². The van der Waals surface area contributed by atoms with Crippen LogP contribution in [0.1, 0.15) is 12.0 Å². The molecule has 20 heavy (non-hydrogen) atoms. The van der Waals surface area contributed by atoms with Crippen LogP contribution in [0.2, 0.25) is 0 Å². The van der Waals surface area contributed by atoms with Gasteiger partial charge >= 0.3 is 0 Å². The Labute approximate surface area is 121 Å². The molecule has 0 spiro atoms. The van der Waals surface area contributed by atoms with Gasteiger partial charge in [-0.05, 0) is 24.5 Å². The SMILES string of the molecule is C[NH+]1CC[NH+](CC(=O)N2CCCc3ccccc32)CC1. The van der Waals surface area contributed by atoms with E-state index in [0.29, 0.717) is 12.5 Å². The number of amides is 1. The highest BCUT2D eigenvalue weighted by molar-refractivity contribution is 5.95. The van der Waals surface area contributed by atoms with Gasteiger partial charge in [0.05, 0.1) is 7.05 Å². The molecule has 0 radical (unpaired) electrons. The Bertz CT molecular complexity index is 480. The first-order valence-electron chi connectivity index (χ1n) is 7.77. The van der Waals surface area contributed by atoms with Gasteiger partial charge in [0.15, 0.2) is 6.54 Å². The van der Waals surface area contributed by atoms with E-state index in [4.69, 9.17) is 0 Å². The number of benzene rings is 1. The van der Waals surface area contributed by atoms with Crippen LogP contribution >= 0.6 is 0 Å². The molecule has 108 valence electrons. The molecule has 0 unspecified atom stereocenters. The number of carbonyl (C=O) groups is 1. The fourth-order valence-electron chi connectivity index (χ4n) is 3.31. The summed E-state index contributed by atoms with van der Waals surface area (Å²) in [5, 5.41) is 0. The van der Waals surface area contributed by atoms with E-state index < -0.39 is 0 Å². The maximum absolute atomic E-state index is 12.6. The Morgan fingerprint density at radius 3 is 2.75 bits per heavy atom. The lowest BCUT2D eigenvalue weighted by atomic mass is 10.0. The molecular weight excluding hydrogens is 250 g/mol.